The Balaban J connectivity index is 1.20. The highest BCUT2D eigenvalue weighted by atomic mass is 35.5. The van der Waals surface area contributed by atoms with Crippen molar-refractivity contribution in [3.63, 3.8) is 0 Å². The molecular weight excluding hydrogens is 556 g/mol. The molecule has 1 saturated heterocycles. The topological polar surface area (TPSA) is 126 Å². The van der Waals surface area contributed by atoms with Gasteiger partial charge in [0.15, 0.2) is 0 Å². The Kier molecular flexibility index (Phi) is 6.62. The van der Waals surface area contributed by atoms with E-state index in [1.165, 1.54) is 35.2 Å². The highest BCUT2D eigenvalue weighted by molar-refractivity contribution is 8.15. The number of hydrazine groups is 1. The molecule has 194 valence electrons. The zero-order valence-electron chi connectivity index (χ0n) is 19.4. The predicted octanol–water partition coefficient (Wildman–Crippen LogP) is 3.10. The summed E-state index contributed by atoms with van der Waals surface area (Å²) >= 11 is 9.82. The molecule has 6 rings (SSSR count). The van der Waals surface area contributed by atoms with Crippen LogP contribution in [0.15, 0.2) is 34.1 Å². The molecule has 9 nitrogen and oxygen atoms in total. The number of hydrogen-bond acceptors (Lipinski definition) is 8. The van der Waals surface area contributed by atoms with Gasteiger partial charge in [0.05, 0.1) is 5.03 Å². The lowest BCUT2D eigenvalue weighted by molar-refractivity contribution is -0.130. The van der Waals surface area contributed by atoms with Gasteiger partial charge in [-0.2, -0.15) is 0 Å². The molecule has 1 aromatic heterocycles. The van der Waals surface area contributed by atoms with Crippen LogP contribution in [0.4, 0.5) is 4.79 Å². The molecule has 1 aromatic carbocycles. The van der Waals surface area contributed by atoms with Crippen molar-refractivity contribution in [1.29, 1.82) is 0 Å². The molecule has 0 radical (unpaired) electrons. The van der Waals surface area contributed by atoms with Gasteiger partial charge >= 0.3 is 4.87 Å². The van der Waals surface area contributed by atoms with Gasteiger partial charge in [-0.15, -0.1) is 11.8 Å². The number of amides is 4. The molecule has 13 heteroatoms. The number of thiazole rings is 1. The number of carbonyl (C=O) groups excluding carboxylic acids is 4. The third-order valence-electron chi connectivity index (χ3n) is 7.70. The number of rotatable bonds is 5. The maximum atomic E-state index is 13.1. The predicted molar refractivity (Wildman–Crippen MR) is 142 cm³/mol. The van der Waals surface area contributed by atoms with E-state index in [0.29, 0.717) is 28.0 Å². The van der Waals surface area contributed by atoms with E-state index in [1.807, 2.05) is 24.3 Å². The smallest absolute Gasteiger partial charge is 0.286 e. The SMILES string of the molecule is O=C(C[C@H]1SC(=O)NC1=O)NNC(=O)Cn1c2c(sc1=O)[C@H](c1ccc(Cl)cc1)[C@H]1[C@@H]3CC[C@H](C3)[C@@H]1S2. The van der Waals surface area contributed by atoms with Crippen LogP contribution in [-0.4, -0.2) is 38.0 Å². The summed E-state index contributed by atoms with van der Waals surface area (Å²) in [5, 5.41) is 2.69. The summed E-state index contributed by atoms with van der Waals surface area (Å²) in [4.78, 5) is 61.7. The maximum Gasteiger partial charge on any atom is 0.308 e. The first-order chi connectivity index (χ1) is 17.8. The summed E-state index contributed by atoms with van der Waals surface area (Å²) in [7, 11) is 0. The van der Waals surface area contributed by atoms with Gasteiger partial charge in [-0.05, 0) is 54.7 Å². The third-order valence-corrected chi connectivity index (χ3v) is 11.8. The van der Waals surface area contributed by atoms with Crippen molar-refractivity contribution >= 4 is 69.4 Å². The van der Waals surface area contributed by atoms with Crippen molar-refractivity contribution < 1.29 is 19.2 Å². The zero-order valence-corrected chi connectivity index (χ0v) is 22.6. The van der Waals surface area contributed by atoms with Crippen LogP contribution in [0, 0.1) is 17.8 Å². The molecule has 3 heterocycles. The van der Waals surface area contributed by atoms with Crippen molar-refractivity contribution in [2.45, 2.75) is 53.7 Å². The highest BCUT2D eigenvalue weighted by Crippen LogP contribution is 2.64. The van der Waals surface area contributed by atoms with Gasteiger partial charge in [0.2, 0.25) is 11.8 Å². The molecule has 0 unspecified atom stereocenters. The number of halogens is 1. The summed E-state index contributed by atoms with van der Waals surface area (Å²) in [6.07, 6.45) is 3.38. The zero-order chi connectivity index (χ0) is 25.8. The van der Waals surface area contributed by atoms with Gasteiger partial charge in [0.25, 0.3) is 11.1 Å². The van der Waals surface area contributed by atoms with E-state index < -0.39 is 28.2 Å². The molecular formula is C24H23ClN4O5S3. The lowest BCUT2D eigenvalue weighted by atomic mass is 9.75. The first kappa shape index (κ1) is 25.0. The van der Waals surface area contributed by atoms with E-state index in [2.05, 4.69) is 16.2 Å². The lowest BCUT2D eigenvalue weighted by Crippen LogP contribution is -2.45. The normalized spacial score (nSPS) is 29.5. The number of benzene rings is 1. The number of carbonyl (C=O) groups is 4. The van der Waals surface area contributed by atoms with Crippen LogP contribution in [0.1, 0.15) is 42.0 Å². The van der Waals surface area contributed by atoms with Crippen LogP contribution >= 0.6 is 46.5 Å². The quantitative estimate of drug-likeness (QED) is 0.465. The average molecular weight is 579 g/mol. The molecule has 37 heavy (non-hydrogen) atoms. The number of aromatic nitrogens is 1. The Hall–Kier alpha value is -2.28. The van der Waals surface area contributed by atoms with E-state index >= 15 is 0 Å². The Morgan fingerprint density at radius 1 is 1.03 bits per heavy atom. The molecule has 2 aliphatic heterocycles. The minimum absolute atomic E-state index is 0.0910. The van der Waals surface area contributed by atoms with E-state index in [1.54, 1.807) is 11.8 Å². The van der Waals surface area contributed by atoms with Crippen molar-refractivity contribution in [2.75, 3.05) is 0 Å². The summed E-state index contributed by atoms with van der Waals surface area (Å²) in [5.74, 6) is 0.113. The second-order valence-corrected chi connectivity index (χ2v) is 13.6. The summed E-state index contributed by atoms with van der Waals surface area (Å²) in [6, 6.07) is 7.87. The summed E-state index contributed by atoms with van der Waals surface area (Å²) in [5.41, 5.74) is 5.76. The number of fused-ring (bicyclic) bond motifs is 6. The van der Waals surface area contributed by atoms with Gasteiger partial charge in [-0.1, -0.05) is 46.8 Å². The monoisotopic (exact) mass is 578 g/mol. The second kappa shape index (κ2) is 9.79. The Morgan fingerprint density at radius 3 is 2.49 bits per heavy atom. The van der Waals surface area contributed by atoms with Crippen LogP contribution < -0.4 is 21.0 Å². The molecule has 0 spiro atoms. The van der Waals surface area contributed by atoms with Crippen molar-refractivity contribution in [2.24, 2.45) is 17.8 Å². The fourth-order valence-electron chi connectivity index (χ4n) is 6.20. The molecule has 2 aromatic rings. The van der Waals surface area contributed by atoms with Crippen LogP contribution in [0.2, 0.25) is 5.02 Å². The standard InChI is InChI=1S/C24H23ClN4O5S3/c25-13-5-3-10(4-6-13)17-18-11-1-2-12(7-11)19(18)36-22-20(17)37-24(34)29(22)9-16(31)28-27-15(30)8-14-21(32)26-23(33)35-14/h3-6,11-12,14,17-19H,1-2,7-9H2,(H,27,30)(H,28,31)(H,26,32,33)/t11-,12-,14-,17-,18-,19+/m1/s1. The summed E-state index contributed by atoms with van der Waals surface area (Å²) in [6.45, 7) is -0.228. The molecule has 4 aliphatic rings. The highest BCUT2D eigenvalue weighted by Gasteiger charge is 2.55. The van der Waals surface area contributed by atoms with Crippen molar-refractivity contribution in [3.05, 3.63) is 49.4 Å². The van der Waals surface area contributed by atoms with Crippen LogP contribution in [0.3, 0.4) is 0 Å². The molecule has 6 atom stereocenters. The minimum Gasteiger partial charge on any atom is -0.286 e. The van der Waals surface area contributed by atoms with Gasteiger partial charge in [0, 0.05) is 27.5 Å². The molecule has 2 bridgehead atoms. The number of imide groups is 1. The number of nitrogens with zero attached hydrogens (tertiary/aromatic N) is 1. The van der Waals surface area contributed by atoms with Gasteiger partial charge < -0.3 is 0 Å². The lowest BCUT2D eigenvalue weighted by Gasteiger charge is -2.40. The average Bonchev–Trinajstić information content (AvgIpc) is 3.62. The maximum absolute atomic E-state index is 13.1. The summed E-state index contributed by atoms with van der Waals surface area (Å²) < 4.78 is 1.51. The van der Waals surface area contributed by atoms with Gasteiger partial charge in [-0.25, -0.2) is 0 Å². The molecule has 4 amide bonds. The van der Waals surface area contributed by atoms with E-state index in [9.17, 15) is 24.0 Å². The first-order valence-electron chi connectivity index (χ1n) is 12.0. The fourth-order valence-corrected chi connectivity index (χ4v) is 10.3. The number of thioether (sulfide) groups is 2. The van der Waals surface area contributed by atoms with E-state index in [-0.39, 0.29) is 23.8 Å². The van der Waals surface area contributed by atoms with Crippen LogP contribution in [-0.2, 0) is 20.9 Å². The Morgan fingerprint density at radius 2 is 1.76 bits per heavy atom. The Bertz CT molecular complexity index is 1360. The molecule has 3 N–H and O–H groups in total. The Labute approximate surface area is 229 Å². The van der Waals surface area contributed by atoms with E-state index in [0.717, 1.165) is 27.2 Å². The number of hydrogen-bond donors (Lipinski definition) is 3. The van der Waals surface area contributed by atoms with E-state index in [4.69, 9.17) is 11.6 Å². The molecule has 2 saturated carbocycles. The third kappa shape index (κ3) is 4.62. The number of nitrogens with one attached hydrogen (secondary N) is 3. The minimum atomic E-state index is -0.827. The van der Waals surface area contributed by atoms with Crippen molar-refractivity contribution in [1.82, 2.24) is 20.7 Å². The van der Waals surface area contributed by atoms with Crippen LogP contribution in [0.25, 0.3) is 0 Å². The van der Waals surface area contributed by atoms with Crippen molar-refractivity contribution in [3.8, 4) is 0 Å². The van der Waals surface area contributed by atoms with Gasteiger partial charge in [-0.3, -0.25) is 44.7 Å². The van der Waals surface area contributed by atoms with Gasteiger partial charge in [0.1, 0.15) is 11.8 Å². The molecule has 2 aliphatic carbocycles. The first-order valence-corrected chi connectivity index (χ1v) is 15.0. The van der Waals surface area contributed by atoms with Crippen LogP contribution in [0.5, 0.6) is 0 Å². The molecule has 3 fully saturated rings. The largest absolute Gasteiger partial charge is 0.308 e. The fraction of sp³-hybridized carbons (Fsp3) is 0.458. The second-order valence-electron chi connectivity index (χ2n) is 9.83.